The summed E-state index contributed by atoms with van der Waals surface area (Å²) >= 11 is 0. The van der Waals surface area contributed by atoms with Crippen LogP contribution in [0.25, 0.3) is 56.6 Å². The van der Waals surface area contributed by atoms with Crippen LogP contribution in [0.3, 0.4) is 0 Å². The third kappa shape index (κ3) is 3.83. The first-order chi connectivity index (χ1) is 19.6. The van der Waals surface area contributed by atoms with Crippen LogP contribution in [-0.4, -0.2) is 19.6 Å². The van der Waals surface area contributed by atoms with Crippen molar-refractivity contribution in [3.8, 4) is 46.1 Å². The van der Waals surface area contributed by atoms with Crippen molar-refractivity contribution in [2.24, 2.45) is 5.73 Å². The highest BCUT2D eigenvalue weighted by molar-refractivity contribution is 5.96. The lowest BCUT2D eigenvalue weighted by Crippen LogP contribution is -2.43. The summed E-state index contributed by atoms with van der Waals surface area (Å²) in [6, 6.07) is 24.6. The molecule has 0 unspecified atom stereocenters. The molecule has 1 aliphatic carbocycles. The van der Waals surface area contributed by atoms with Gasteiger partial charge in [-0.1, -0.05) is 72.7 Å². The van der Waals surface area contributed by atoms with E-state index in [0.29, 0.717) is 22.9 Å². The lowest BCUT2D eigenvalue weighted by atomic mass is 9.72. The minimum absolute atomic E-state index is 0.209. The van der Waals surface area contributed by atoms with Gasteiger partial charge in [0, 0.05) is 28.2 Å². The van der Waals surface area contributed by atoms with Crippen molar-refractivity contribution < 1.29 is 4.42 Å². The molecule has 1 saturated carbocycles. The lowest BCUT2D eigenvalue weighted by molar-refractivity contribution is 0.253. The fourth-order valence-corrected chi connectivity index (χ4v) is 5.52. The van der Waals surface area contributed by atoms with E-state index >= 15 is 0 Å². The van der Waals surface area contributed by atoms with E-state index < -0.39 is 0 Å². The number of fused-ring (bicyclic) bond motifs is 2. The smallest absolute Gasteiger partial charge is 0.253 e. The molecular weight excluding hydrogens is 494 g/mol. The highest BCUT2D eigenvalue weighted by atomic mass is 16.3. The fraction of sp³-hybridized carbons (Fsp3) is 0.147. The number of aromatic nitrogens is 4. The van der Waals surface area contributed by atoms with Crippen LogP contribution in [0.15, 0.2) is 89.5 Å². The van der Waals surface area contributed by atoms with E-state index in [-0.39, 0.29) is 5.54 Å². The van der Waals surface area contributed by atoms with E-state index in [2.05, 4.69) is 42.3 Å². The first-order valence-electron chi connectivity index (χ1n) is 13.5. The van der Waals surface area contributed by atoms with Gasteiger partial charge in [-0.3, -0.25) is 0 Å². The van der Waals surface area contributed by atoms with Crippen LogP contribution >= 0.6 is 0 Å². The Hall–Kier alpha value is -4.99. The summed E-state index contributed by atoms with van der Waals surface area (Å²) in [5, 5.41) is 5.68. The molecule has 1 fully saturated rings. The molecule has 40 heavy (non-hydrogen) atoms. The Bertz CT molecular complexity index is 1950. The van der Waals surface area contributed by atoms with Crippen LogP contribution in [0.2, 0.25) is 0 Å². The molecule has 3 heterocycles. The summed E-state index contributed by atoms with van der Waals surface area (Å²) in [7, 11) is 0. The van der Waals surface area contributed by atoms with Gasteiger partial charge in [-0.2, -0.15) is 4.98 Å². The number of nitrogens with two attached hydrogens (primary N) is 1. The van der Waals surface area contributed by atoms with Gasteiger partial charge in [-0.25, -0.2) is 9.50 Å². The third-order valence-electron chi connectivity index (χ3n) is 7.84. The maximum absolute atomic E-state index is 6.58. The van der Waals surface area contributed by atoms with Crippen molar-refractivity contribution in [1.82, 2.24) is 19.6 Å². The van der Waals surface area contributed by atoms with Gasteiger partial charge >= 0.3 is 0 Å². The van der Waals surface area contributed by atoms with E-state index in [1.165, 1.54) is 12.0 Å². The molecule has 2 N–H and O–H groups in total. The molecule has 0 saturated heterocycles. The van der Waals surface area contributed by atoms with Crippen LogP contribution in [-0.2, 0) is 5.54 Å². The molecule has 3 aromatic carbocycles. The van der Waals surface area contributed by atoms with E-state index in [0.717, 1.165) is 51.7 Å². The normalized spacial score (nSPS) is 14.5. The number of rotatable bonds is 5. The molecule has 1 aliphatic rings. The van der Waals surface area contributed by atoms with E-state index in [1.807, 2.05) is 61.7 Å². The monoisotopic (exact) mass is 521 g/mol. The van der Waals surface area contributed by atoms with Gasteiger partial charge in [0.15, 0.2) is 5.82 Å². The number of hydrogen-bond donors (Lipinski definition) is 1. The highest BCUT2D eigenvalue weighted by Crippen LogP contribution is 2.40. The van der Waals surface area contributed by atoms with Crippen LogP contribution in [0.4, 0.5) is 0 Å². The molecule has 0 spiro atoms. The van der Waals surface area contributed by atoms with Crippen molar-refractivity contribution in [1.29, 1.82) is 0 Å². The van der Waals surface area contributed by atoms with Crippen molar-refractivity contribution in [2.45, 2.75) is 31.7 Å². The molecule has 0 radical (unpaired) electrons. The van der Waals surface area contributed by atoms with Gasteiger partial charge < -0.3 is 10.2 Å². The average molecular weight is 522 g/mol. The Morgan fingerprint density at radius 2 is 1.75 bits per heavy atom. The van der Waals surface area contributed by atoms with Crippen LogP contribution in [0.1, 0.15) is 43.1 Å². The number of hydrogen-bond acceptors (Lipinski definition) is 5. The van der Waals surface area contributed by atoms with Crippen molar-refractivity contribution in [2.75, 3.05) is 0 Å². The lowest BCUT2D eigenvalue weighted by Gasteiger charge is -2.38. The molecule has 194 valence electrons. The summed E-state index contributed by atoms with van der Waals surface area (Å²) in [6.07, 6.45) is 14.8. The van der Waals surface area contributed by atoms with Crippen molar-refractivity contribution in [3.05, 3.63) is 102 Å². The molecule has 0 bridgehead atoms. The predicted molar refractivity (Wildman–Crippen MR) is 159 cm³/mol. The number of terminal acetylenes is 1. The molecule has 0 aliphatic heterocycles. The molecule has 6 heteroatoms. The van der Waals surface area contributed by atoms with Crippen LogP contribution in [0, 0.1) is 12.3 Å². The van der Waals surface area contributed by atoms with Gasteiger partial charge in [0.05, 0.1) is 16.8 Å². The van der Waals surface area contributed by atoms with Gasteiger partial charge in [0.25, 0.3) is 5.78 Å². The summed E-state index contributed by atoms with van der Waals surface area (Å²) in [5.41, 5.74) is 13.5. The summed E-state index contributed by atoms with van der Waals surface area (Å²) in [6.45, 7) is 1.93. The Morgan fingerprint density at radius 3 is 2.45 bits per heavy atom. The zero-order valence-corrected chi connectivity index (χ0v) is 22.1. The second-order valence-electron chi connectivity index (χ2n) is 10.3. The van der Waals surface area contributed by atoms with E-state index in [9.17, 15) is 0 Å². The number of furan rings is 1. The number of allylic oxidation sites excluding steroid dienone is 1. The first-order valence-corrected chi connectivity index (χ1v) is 13.5. The maximum Gasteiger partial charge on any atom is 0.253 e. The quantitative estimate of drug-likeness (QED) is 0.242. The average Bonchev–Trinajstić information content (AvgIpc) is 3.56. The predicted octanol–water partition coefficient (Wildman–Crippen LogP) is 7.22. The SMILES string of the molecule is C#Cc1c(C=CC)oc2c(-c3nc4nc(-c5ccc(C6(N)CCC6)cc5)c(-c5ccccc5)cn4n3)cccc12. The zero-order valence-electron chi connectivity index (χ0n) is 22.1. The van der Waals surface area contributed by atoms with Gasteiger partial charge in [0.1, 0.15) is 11.3 Å². The highest BCUT2D eigenvalue weighted by Gasteiger charge is 2.34. The minimum atomic E-state index is -0.209. The minimum Gasteiger partial charge on any atom is -0.455 e. The Morgan fingerprint density at radius 1 is 0.950 bits per heavy atom. The van der Waals surface area contributed by atoms with Crippen LogP contribution < -0.4 is 5.73 Å². The maximum atomic E-state index is 6.58. The molecular formula is C34H27N5O. The van der Waals surface area contributed by atoms with Gasteiger partial charge in [-0.05, 0) is 55.5 Å². The summed E-state index contributed by atoms with van der Waals surface area (Å²) in [4.78, 5) is 9.86. The molecule has 0 atom stereocenters. The summed E-state index contributed by atoms with van der Waals surface area (Å²) in [5.74, 6) is 4.43. The second-order valence-corrected chi connectivity index (χ2v) is 10.3. The van der Waals surface area contributed by atoms with Gasteiger partial charge in [-0.15, -0.1) is 11.5 Å². The van der Waals surface area contributed by atoms with E-state index in [4.69, 9.17) is 31.6 Å². The molecule has 3 aromatic heterocycles. The molecule has 7 rings (SSSR count). The van der Waals surface area contributed by atoms with Crippen molar-refractivity contribution in [3.63, 3.8) is 0 Å². The topological polar surface area (TPSA) is 82.2 Å². The third-order valence-corrected chi connectivity index (χ3v) is 7.84. The van der Waals surface area contributed by atoms with Crippen molar-refractivity contribution >= 4 is 22.8 Å². The fourth-order valence-electron chi connectivity index (χ4n) is 5.52. The first kappa shape index (κ1) is 24.1. The largest absolute Gasteiger partial charge is 0.455 e. The Kier molecular flexibility index (Phi) is 5.62. The summed E-state index contributed by atoms with van der Waals surface area (Å²) < 4.78 is 7.93. The second kappa shape index (κ2) is 9.33. The van der Waals surface area contributed by atoms with Crippen LogP contribution in [0.5, 0.6) is 0 Å². The number of nitrogens with zero attached hydrogens (tertiary/aromatic N) is 4. The van der Waals surface area contributed by atoms with Gasteiger partial charge in [0.2, 0.25) is 0 Å². The molecule has 6 aromatic rings. The molecule has 0 amide bonds. The Balaban J connectivity index is 1.39. The zero-order chi connectivity index (χ0) is 27.3. The number of benzene rings is 3. The molecule has 6 nitrogen and oxygen atoms in total. The standard InChI is InChI=1S/C34H27N5O/c1-3-10-29-25(4-2)26-13-8-14-27(31(26)40-29)32-37-33-36-30(23-15-17-24(18-16-23)34(35)19-9-20-34)28(21-39(33)38-32)22-11-6-5-7-12-22/h2-3,5-8,10-18,21H,9,19-20,35H2,1H3. The van der Waals surface area contributed by atoms with E-state index in [1.54, 1.807) is 4.52 Å². The number of para-hydroxylation sites is 1. The Labute approximate surface area is 232 Å².